The third-order valence-corrected chi connectivity index (χ3v) is 4.45. The number of methoxy groups -OCH3 is 1. The van der Waals surface area contributed by atoms with E-state index in [2.05, 4.69) is 52.3 Å². The van der Waals surface area contributed by atoms with Gasteiger partial charge in [0.1, 0.15) is 0 Å². The quantitative estimate of drug-likeness (QED) is 0.742. The van der Waals surface area contributed by atoms with Gasteiger partial charge in [-0.3, -0.25) is 0 Å². The fraction of sp³-hybridized carbons (Fsp3) is 0.263. The van der Waals surface area contributed by atoms with Crippen LogP contribution in [-0.2, 0) is 4.74 Å². The molecule has 0 N–H and O–H groups in total. The number of ether oxygens (including phenoxy) is 1. The smallest absolute Gasteiger partial charge is 0.225 e. The number of hydrogen-bond acceptors (Lipinski definition) is 4. The zero-order chi connectivity index (χ0) is 15.6. The van der Waals surface area contributed by atoms with Gasteiger partial charge < -0.3 is 9.64 Å². The Balaban J connectivity index is 1.67. The number of anilines is 1. The average Bonchev–Trinajstić information content (AvgIpc) is 3.11. The molecule has 1 aromatic heterocycles. The van der Waals surface area contributed by atoms with Crippen molar-refractivity contribution in [3.05, 3.63) is 54.7 Å². The second-order valence-electron chi connectivity index (χ2n) is 5.90. The minimum atomic E-state index is 0.280. The molecule has 0 bridgehead atoms. The van der Waals surface area contributed by atoms with Gasteiger partial charge in [0.25, 0.3) is 0 Å². The molecule has 0 aliphatic carbocycles. The van der Waals surface area contributed by atoms with Crippen LogP contribution in [0.1, 0.15) is 6.42 Å². The Morgan fingerprint density at radius 1 is 1.09 bits per heavy atom. The van der Waals surface area contributed by atoms with Crippen molar-refractivity contribution in [3.63, 3.8) is 0 Å². The largest absolute Gasteiger partial charge is 0.380 e. The second-order valence-corrected chi connectivity index (χ2v) is 5.90. The molecule has 1 aliphatic rings. The summed E-state index contributed by atoms with van der Waals surface area (Å²) in [7, 11) is 1.76. The predicted octanol–water partition coefficient (Wildman–Crippen LogP) is 3.52. The van der Waals surface area contributed by atoms with E-state index in [4.69, 9.17) is 9.72 Å². The Kier molecular flexibility index (Phi) is 3.67. The van der Waals surface area contributed by atoms with Gasteiger partial charge in [-0.1, -0.05) is 36.4 Å². The van der Waals surface area contributed by atoms with Gasteiger partial charge in [-0.25, -0.2) is 9.97 Å². The highest BCUT2D eigenvalue weighted by Crippen LogP contribution is 2.25. The Hall–Kier alpha value is -2.46. The topological polar surface area (TPSA) is 38.2 Å². The van der Waals surface area contributed by atoms with Crippen LogP contribution < -0.4 is 4.90 Å². The molecule has 1 aliphatic heterocycles. The first-order valence-electron chi connectivity index (χ1n) is 7.93. The van der Waals surface area contributed by atoms with Crippen LogP contribution in [0, 0.1) is 0 Å². The standard InChI is InChI=1S/C19H19N3O/c1-23-17-9-11-22(13-17)19-20-10-8-18(21-19)16-7-6-14-4-2-3-5-15(14)12-16/h2-8,10,12,17H,9,11,13H2,1H3/t17-/m0/s1. The van der Waals surface area contributed by atoms with Crippen molar-refractivity contribution in [1.29, 1.82) is 0 Å². The highest BCUT2D eigenvalue weighted by Gasteiger charge is 2.24. The lowest BCUT2D eigenvalue weighted by Gasteiger charge is -2.16. The number of fused-ring (bicyclic) bond motifs is 1. The third-order valence-electron chi connectivity index (χ3n) is 4.45. The van der Waals surface area contributed by atoms with E-state index < -0.39 is 0 Å². The van der Waals surface area contributed by atoms with Gasteiger partial charge in [-0.2, -0.15) is 0 Å². The van der Waals surface area contributed by atoms with Crippen LogP contribution in [0.2, 0.25) is 0 Å². The van der Waals surface area contributed by atoms with Gasteiger partial charge in [0.05, 0.1) is 11.8 Å². The second kappa shape index (κ2) is 5.97. The lowest BCUT2D eigenvalue weighted by Crippen LogP contribution is -2.24. The first kappa shape index (κ1) is 14.2. The van der Waals surface area contributed by atoms with Gasteiger partial charge in [0.2, 0.25) is 5.95 Å². The summed E-state index contributed by atoms with van der Waals surface area (Å²) in [5.41, 5.74) is 2.08. The summed E-state index contributed by atoms with van der Waals surface area (Å²) in [5, 5.41) is 2.47. The monoisotopic (exact) mass is 305 g/mol. The number of nitrogens with zero attached hydrogens (tertiary/aromatic N) is 3. The first-order chi connectivity index (χ1) is 11.3. The van der Waals surface area contributed by atoms with Crippen LogP contribution in [0.15, 0.2) is 54.7 Å². The maximum atomic E-state index is 5.43. The average molecular weight is 305 g/mol. The Bertz CT molecular complexity index is 833. The molecule has 1 fully saturated rings. The number of rotatable bonds is 3. The van der Waals surface area contributed by atoms with E-state index >= 15 is 0 Å². The minimum Gasteiger partial charge on any atom is -0.380 e. The fourth-order valence-corrected chi connectivity index (χ4v) is 3.11. The van der Waals surface area contributed by atoms with Crippen molar-refractivity contribution in [1.82, 2.24) is 9.97 Å². The molecule has 0 radical (unpaired) electrons. The molecule has 0 spiro atoms. The SMILES string of the molecule is CO[C@H]1CCN(c2nccc(-c3ccc4ccccc4c3)n2)C1. The lowest BCUT2D eigenvalue weighted by molar-refractivity contribution is 0.121. The molecule has 4 nitrogen and oxygen atoms in total. The summed E-state index contributed by atoms with van der Waals surface area (Å²) in [4.78, 5) is 11.4. The molecule has 0 amide bonds. The highest BCUT2D eigenvalue weighted by molar-refractivity contribution is 5.86. The highest BCUT2D eigenvalue weighted by atomic mass is 16.5. The van der Waals surface area contributed by atoms with Gasteiger partial charge in [0, 0.05) is 32.0 Å². The lowest BCUT2D eigenvalue weighted by atomic mass is 10.1. The summed E-state index contributed by atoms with van der Waals surface area (Å²) in [6, 6.07) is 16.8. The van der Waals surface area contributed by atoms with Crippen molar-refractivity contribution in [2.24, 2.45) is 0 Å². The molecule has 4 rings (SSSR count). The van der Waals surface area contributed by atoms with Crippen molar-refractivity contribution in [2.75, 3.05) is 25.1 Å². The van der Waals surface area contributed by atoms with E-state index in [0.717, 1.165) is 36.7 Å². The Morgan fingerprint density at radius 3 is 2.78 bits per heavy atom. The molecule has 0 saturated carbocycles. The molecular formula is C19H19N3O. The summed E-state index contributed by atoms with van der Waals surface area (Å²) < 4.78 is 5.43. The minimum absolute atomic E-state index is 0.280. The van der Waals surface area contributed by atoms with Crippen molar-refractivity contribution >= 4 is 16.7 Å². The number of aromatic nitrogens is 2. The zero-order valence-electron chi connectivity index (χ0n) is 13.1. The fourth-order valence-electron chi connectivity index (χ4n) is 3.11. The maximum absolute atomic E-state index is 5.43. The van der Waals surface area contributed by atoms with E-state index in [0.29, 0.717) is 0 Å². The summed E-state index contributed by atoms with van der Waals surface area (Å²) in [6.07, 6.45) is 3.15. The molecule has 1 saturated heterocycles. The van der Waals surface area contributed by atoms with Crippen LogP contribution >= 0.6 is 0 Å². The van der Waals surface area contributed by atoms with Gasteiger partial charge in [-0.15, -0.1) is 0 Å². The van der Waals surface area contributed by atoms with Crippen LogP contribution in [-0.4, -0.2) is 36.3 Å². The summed E-state index contributed by atoms with van der Waals surface area (Å²) >= 11 is 0. The molecular weight excluding hydrogens is 286 g/mol. The third kappa shape index (κ3) is 2.78. The molecule has 1 atom stereocenters. The summed E-state index contributed by atoms with van der Waals surface area (Å²) in [6.45, 7) is 1.80. The van der Waals surface area contributed by atoms with Crippen LogP contribution in [0.4, 0.5) is 5.95 Å². The van der Waals surface area contributed by atoms with Crippen LogP contribution in [0.3, 0.4) is 0 Å². The van der Waals surface area contributed by atoms with Crippen LogP contribution in [0.25, 0.3) is 22.0 Å². The molecule has 0 unspecified atom stereocenters. The Labute approximate surface area is 135 Å². The number of hydrogen-bond donors (Lipinski definition) is 0. The van der Waals surface area contributed by atoms with Gasteiger partial charge in [-0.05, 0) is 29.3 Å². The molecule has 2 heterocycles. The predicted molar refractivity (Wildman–Crippen MR) is 92.6 cm³/mol. The molecule has 4 heteroatoms. The molecule has 23 heavy (non-hydrogen) atoms. The van der Waals surface area contributed by atoms with Crippen molar-refractivity contribution in [2.45, 2.75) is 12.5 Å². The Morgan fingerprint density at radius 2 is 1.96 bits per heavy atom. The van der Waals surface area contributed by atoms with Crippen molar-refractivity contribution in [3.8, 4) is 11.3 Å². The maximum Gasteiger partial charge on any atom is 0.225 e. The molecule has 116 valence electrons. The van der Waals surface area contributed by atoms with Gasteiger partial charge in [0.15, 0.2) is 0 Å². The van der Waals surface area contributed by atoms with E-state index in [9.17, 15) is 0 Å². The zero-order valence-corrected chi connectivity index (χ0v) is 13.1. The summed E-state index contributed by atoms with van der Waals surface area (Å²) in [5.74, 6) is 0.787. The molecule has 2 aromatic carbocycles. The first-order valence-corrected chi connectivity index (χ1v) is 7.93. The normalized spacial score (nSPS) is 17.8. The van der Waals surface area contributed by atoms with E-state index in [-0.39, 0.29) is 6.10 Å². The number of benzene rings is 2. The molecule has 3 aromatic rings. The van der Waals surface area contributed by atoms with Gasteiger partial charge >= 0.3 is 0 Å². The van der Waals surface area contributed by atoms with Crippen LogP contribution in [0.5, 0.6) is 0 Å². The van der Waals surface area contributed by atoms with E-state index in [1.807, 2.05) is 12.3 Å². The van der Waals surface area contributed by atoms with E-state index in [1.54, 1.807) is 7.11 Å². The van der Waals surface area contributed by atoms with E-state index in [1.165, 1.54) is 10.8 Å². The van der Waals surface area contributed by atoms with Crippen molar-refractivity contribution < 1.29 is 4.74 Å².